The Balaban J connectivity index is 2.03. The lowest BCUT2D eigenvalue weighted by Gasteiger charge is -2.06. The van der Waals surface area contributed by atoms with Crippen LogP contribution in [0.25, 0.3) is 16.9 Å². The number of hydrogen-bond donors (Lipinski definition) is 0. The van der Waals surface area contributed by atoms with Crippen molar-refractivity contribution in [3.8, 4) is 5.82 Å². The number of rotatable bonds is 3. The topological polar surface area (TPSA) is 69.9 Å². The van der Waals surface area contributed by atoms with Crippen LogP contribution in [0.1, 0.15) is 23.1 Å². The Morgan fingerprint density at radius 3 is 2.86 bits per heavy atom. The van der Waals surface area contributed by atoms with Crippen molar-refractivity contribution in [3.05, 3.63) is 48.2 Å². The van der Waals surface area contributed by atoms with Crippen LogP contribution in [0.2, 0.25) is 0 Å². The highest BCUT2D eigenvalue weighted by molar-refractivity contribution is 5.89. The van der Waals surface area contributed by atoms with Crippen molar-refractivity contribution in [1.82, 2.24) is 19.5 Å². The first-order valence-electron chi connectivity index (χ1n) is 6.63. The van der Waals surface area contributed by atoms with Gasteiger partial charge in [0.25, 0.3) is 0 Å². The van der Waals surface area contributed by atoms with Crippen LogP contribution in [-0.4, -0.2) is 32.1 Å². The standard InChI is InChI=1S/C15H14N4O2/c1-3-21-15(20)11-4-5-14(17-8-11)19-10(2)18-12-9-16-7-6-13(12)19/h4-9H,3H2,1-2H3. The first-order valence-corrected chi connectivity index (χ1v) is 6.63. The maximum Gasteiger partial charge on any atom is 0.339 e. The number of imidazole rings is 1. The summed E-state index contributed by atoms with van der Waals surface area (Å²) in [6, 6.07) is 5.36. The number of pyridine rings is 2. The van der Waals surface area contributed by atoms with Crippen molar-refractivity contribution >= 4 is 17.0 Å². The summed E-state index contributed by atoms with van der Waals surface area (Å²) in [6.07, 6.45) is 4.94. The van der Waals surface area contributed by atoms with E-state index in [0.29, 0.717) is 18.0 Å². The Labute approximate surface area is 121 Å². The van der Waals surface area contributed by atoms with Gasteiger partial charge in [0.1, 0.15) is 17.2 Å². The van der Waals surface area contributed by atoms with Gasteiger partial charge in [0.15, 0.2) is 0 Å². The third-order valence-electron chi connectivity index (χ3n) is 3.11. The fraction of sp³-hybridized carbons (Fsp3) is 0.200. The highest BCUT2D eigenvalue weighted by atomic mass is 16.5. The average Bonchev–Trinajstić information content (AvgIpc) is 2.83. The van der Waals surface area contributed by atoms with Gasteiger partial charge in [-0.2, -0.15) is 0 Å². The van der Waals surface area contributed by atoms with E-state index in [1.165, 1.54) is 6.20 Å². The number of aryl methyl sites for hydroxylation is 1. The maximum atomic E-state index is 11.6. The number of aromatic nitrogens is 4. The third-order valence-corrected chi connectivity index (χ3v) is 3.11. The highest BCUT2D eigenvalue weighted by Crippen LogP contribution is 2.19. The summed E-state index contributed by atoms with van der Waals surface area (Å²) in [5.41, 5.74) is 2.18. The number of esters is 1. The van der Waals surface area contributed by atoms with Gasteiger partial charge in [0.2, 0.25) is 0 Å². The smallest absolute Gasteiger partial charge is 0.339 e. The molecule has 3 heterocycles. The van der Waals surface area contributed by atoms with Crippen LogP contribution >= 0.6 is 0 Å². The molecule has 0 aliphatic carbocycles. The van der Waals surface area contributed by atoms with Gasteiger partial charge < -0.3 is 4.74 Å². The number of carbonyl (C=O) groups is 1. The van der Waals surface area contributed by atoms with Crippen molar-refractivity contribution in [2.75, 3.05) is 6.61 Å². The van der Waals surface area contributed by atoms with Crippen molar-refractivity contribution in [1.29, 1.82) is 0 Å². The molecule has 0 atom stereocenters. The van der Waals surface area contributed by atoms with E-state index in [0.717, 1.165) is 16.9 Å². The first kappa shape index (κ1) is 13.2. The van der Waals surface area contributed by atoms with Gasteiger partial charge in [-0.3, -0.25) is 9.55 Å². The van der Waals surface area contributed by atoms with Crippen molar-refractivity contribution in [3.63, 3.8) is 0 Å². The van der Waals surface area contributed by atoms with Gasteiger partial charge >= 0.3 is 5.97 Å². The summed E-state index contributed by atoms with van der Waals surface area (Å²) in [4.78, 5) is 24.5. The molecule has 0 aromatic carbocycles. The van der Waals surface area contributed by atoms with Crippen LogP contribution in [-0.2, 0) is 4.74 Å². The molecular formula is C15H14N4O2. The Bertz CT molecular complexity index is 793. The zero-order chi connectivity index (χ0) is 14.8. The zero-order valence-electron chi connectivity index (χ0n) is 11.8. The lowest BCUT2D eigenvalue weighted by molar-refractivity contribution is 0.0526. The molecule has 0 amide bonds. The minimum Gasteiger partial charge on any atom is -0.462 e. The molecule has 3 aromatic rings. The molecule has 6 nitrogen and oxygen atoms in total. The Morgan fingerprint density at radius 1 is 1.29 bits per heavy atom. The molecule has 0 saturated carbocycles. The summed E-state index contributed by atoms with van der Waals surface area (Å²) in [5, 5.41) is 0. The molecule has 106 valence electrons. The summed E-state index contributed by atoms with van der Waals surface area (Å²) in [5.74, 6) is 1.15. The third kappa shape index (κ3) is 2.35. The molecule has 6 heteroatoms. The van der Waals surface area contributed by atoms with E-state index >= 15 is 0 Å². The monoisotopic (exact) mass is 282 g/mol. The maximum absolute atomic E-state index is 11.6. The number of hydrogen-bond acceptors (Lipinski definition) is 5. The normalized spacial score (nSPS) is 10.8. The summed E-state index contributed by atoms with van der Waals surface area (Å²) in [7, 11) is 0. The molecule has 0 aliphatic heterocycles. The zero-order valence-corrected chi connectivity index (χ0v) is 11.8. The van der Waals surface area contributed by atoms with E-state index in [9.17, 15) is 4.79 Å². The van der Waals surface area contributed by atoms with E-state index < -0.39 is 0 Å². The van der Waals surface area contributed by atoms with Crippen molar-refractivity contribution in [2.45, 2.75) is 13.8 Å². The fourth-order valence-corrected chi connectivity index (χ4v) is 2.20. The molecule has 21 heavy (non-hydrogen) atoms. The fourth-order valence-electron chi connectivity index (χ4n) is 2.20. The number of carbonyl (C=O) groups excluding carboxylic acids is 1. The second kappa shape index (κ2) is 5.32. The molecular weight excluding hydrogens is 268 g/mol. The minimum absolute atomic E-state index is 0.346. The number of fused-ring (bicyclic) bond motifs is 1. The number of ether oxygens (including phenoxy) is 1. The quantitative estimate of drug-likeness (QED) is 0.689. The first-order chi connectivity index (χ1) is 10.2. The predicted octanol–water partition coefficient (Wildman–Crippen LogP) is 2.30. The second-order valence-electron chi connectivity index (χ2n) is 4.48. The van der Waals surface area contributed by atoms with Crippen LogP contribution in [0.15, 0.2) is 36.8 Å². The lowest BCUT2D eigenvalue weighted by atomic mass is 10.3. The highest BCUT2D eigenvalue weighted by Gasteiger charge is 2.12. The summed E-state index contributed by atoms with van der Waals surface area (Å²) in [6.45, 7) is 4.02. The minimum atomic E-state index is -0.368. The van der Waals surface area contributed by atoms with Crippen molar-refractivity contribution < 1.29 is 9.53 Å². The molecule has 3 aromatic heterocycles. The largest absolute Gasteiger partial charge is 0.462 e. The van der Waals surface area contributed by atoms with E-state index in [4.69, 9.17) is 4.74 Å². The molecule has 0 spiro atoms. The van der Waals surface area contributed by atoms with Gasteiger partial charge in [-0.15, -0.1) is 0 Å². The molecule has 0 aliphatic rings. The number of nitrogens with zero attached hydrogens (tertiary/aromatic N) is 4. The van der Waals surface area contributed by atoms with Gasteiger partial charge in [0.05, 0.1) is 23.9 Å². The van der Waals surface area contributed by atoms with Gasteiger partial charge in [-0.1, -0.05) is 0 Å². The van der Waals surface area contributed by atoms with Crippen molar-refractivity contribution in [2.24, 2.45) is 0 Å². The Morgan fingerprint density at radius 2 is 2.14 bits per heavy atom. The van der Waals surface area contributed by atoms with E-state index in [1.807, 2.05) is 17.6 Å². The van der Waals surface area contributed by atoms with Crippen LogP contribution in [0.3, 0.4) is 0 Å². The average molecular weight is 282 g/mol. The predicted molar refractivity (Wildman–Crippen MR) is 77.4 cm³/mol. The molecule has 0 unspecified atom stereocenters. The second-order valence-corrected chi connectivity index (χ2v) is 4.48. The van der Waals surface area contributed by atoms with E-state index in [2.05, 4.69) is 15.0 Å². The summed E-state index contributed by atoms with van der Waals surface area (Å²) < 4.78 is 6.87. The lowest BCUT2D eigenvalue weighted by Crippen LogP contribution is -2.06. The Hall–Kier alpha value is -2.76. The summed E-state index contributed by atoms with van der Waals surface area (Å²) >= 11 is 0. The Kier molecular flexibility index (Phi) is 3.35. The van der Waals surface area contributed by atoms with E-state index in [-0.39, 0.29) is 5.97 Å². The molecule has 0 saturated heterocycles. The molecule has 0 bridgehead atoms. The van der Waals surface area contributed by atoms with E-state index in [1.54, 1.807) is 31.5 Å². The van der Waals surface area contributed by atoms with Gasteiger partial charge in [-0.05, 0) is 32.0 Å². The molecule has 0 N–H and O–H groups in total. The molecule has 0 radical (unpaired) electrons. The van der Waals surface area contributed by atoms with Crippen LogP contribution in [0.5, 0.6) is 0 Å². The molecule has 3 rings (SSSR count). The van der Waals surface area contributed by atoms with Gasteiger partial charge in [-0.25, -0.2) is 14.8 Å². The van der Waals surface area contributed by atoms with Crippen LogP contribution < -0.4 is 0 Å². The SMILES string of the molecule is CCOC(=O)c1ccc(-n2c(C)nc3cnccc32)nc1. The van der Waals surface area contributed by atoms with Crippen LogP contribution in [0.4, 0.5) is 0 Å². The van der Waals surface area contributed by atoms with Gasteiger partial charge in [0, 0.05) is 12.4 Å². The van der Waals surface area contributed by atoms with Crippen LogP contribution in [0, 0.1) is 6.92 Å². The molecule has 0 fully saturated rings.